The molecule has 0 spiro atoms. The third-order valence-electron chi connectivity index (χ3n) is 3.23. The van der Waals surface area contributed by atoms with Crippen LogP contribution in [0.4, 0.5) is 13.2 Å². The first-order valence-electron chi connectivity index (χ1n) is 7.06. The van der Waals surface area contributed by atoms with E-state index in [1.54, 1.807) is 6.92 Å². The Kier molecular flexibility index (Phi) is 5.23. The van der Waals surface area contributed by atoms with Crippen molar-refractivity contribution in [1.82, 2.24) is 0 Å². The molecule has 0 unspecified atom stereocenters. The molecule has 0 aliphatic rings. The van der Waals surface area contributed by atoms with Gasteiger partial charge in [0, 0.05) is 5.56 Å². The maximum Gasteiger partial charge on any atom is 0.416 e. The Balaban J connectivity index is 2.17. The maximum absolute atomic E-state index is 12.7. The standard InChI is InChI=1S/C17H14F3NO3/c1-2-15(21-23)16(22)11-6-8-13(9-7-11)24-14-5-3-4-12(10-14)17(18,19)20/h3-10,23H,2H2,1H3. The van der Waals surface area contributed by atoms with Crippen LogP contribution in [0.5, 0.6) is 11.5 Å². The van der Waals surface area contributed by atoms with Crippen LogP contribution in [-0.2, 0) is 6.18 Å². The molecule has 0 fully saturated rings. The predicted octanol–water partition coefficient (Wildman–Crippen LogP) is 4.92. The van der Waals surface area contributed by atoms with Crippen molar-refractivity contribution in [3.63, 3.8) is 0 Å². The lowest BCUT2D eigenvalue weighted by Gasteiger charge is -2.10. The predicted molar refractivity (Wildman–Crippen MR) is 81.8 cm³/mol. The van der Waals surface area contributed by atoms with E-state index in [-0.39, 0.29) is 23.6 Å². The molecule has 0 aliphatic heterocycles. The summed E-state index contributed by atoms with van der Waals surface area (Å²) < 4.78 is 43.4. The van der Waals surface area contributed by atoms with Gasteiger partial charge in [-0.2, -0.15) is 13.2 Å². The molecular weight excluding hydrogens is 323 g/mol. The number of halogens is 3. The van der Waals surface area contributed by atoms with Crippen LogP contribution in [0.3, 0.4) is 0 Å². The Labute approximate surface area is 136 Å². The Morgan fingerprint density at radius 3 is 2.33 bits per heavy atom. The van der Waals surface area contributed by atoms with E-state index < -0.39 is 17.5 Å². The first-order valence-corrected chi connectivity index (χ1v) is 7.06. The van der Waals surface area contributed by atoms with Crippen molar-refractivity contribution in [2.45, 2.75) is 19.5 Å². The minimum absolute atomic E-state index is 0.0153. The van der Waals surface area contributed by atoms with Crippen LogP contribution in [0.1, 0.15) is 29.3 Å². The van der Waals surface area contributed by atoms with Gasteiger partial charge >= 0.3 is 6.18 Å². The zero-order chi connectivity index (χ0) is 17.7. The van der Waals surface area contributed by atoms with E-state index in [9.17, 15) is 18.0 Å². The first-order chi connectivity index (χ1) is 11.3. The van der Waals surface area contributed by atoms with Gasteiger partial charge in [-0.15, -0.1) is 0 Å². The molecule has 2 aromatic rings. The largest absolute Gasteiger partial charge is 0.457 e. The van der Waals surface area contributed by atoms with E-state index in [1.165, 1.54) is 36.4 Å². The Bertz CT molecular complexity index is 752. The van der Waals surface area contributed by atoms with Crippen LogP contribution in [-0.4, -0.2) is 16.7 Å². The number of carbonyl (C=O) groups is 1. The third kappa shape index (κ3) is 4.13. The molecule has 1 N–H and O–H groups in total. The molecule has 0 saturated heterocycles. The van der Waals surface area contributed by atoms with Gasteiger partial charge < -0.3 is 9.94 Å². The minimum Gasteiger partial charge on any atom is -0.457 e. The number of rotatable bonds is 5. The summed E-state index contributed by atoms with van der Waals surface area (Å²) in [5.74, 6) is -0.106. The van der Waals surface area contributed by atoms with Gasteiger partial charge in [-0.3, -0.25) is 4.79 Å². The molecular formula is C17H14F3NO3. The van der Waals surface area contributed by atoms with Gasteiger partial charge in [0.25, 0.3) is 0 Å². The molecule has 0 heterocycles. The normalized spacial score (nSPS) is 12.1. The number of hydrogen-bond acceptors (Lipinski definition) is 4. The Morgan fingerprint density at radius 2 is 1.79 bits per heavy atom. The number of ether oxygens (including phenoxy) is 1. The van der Waals surface area contributed by atoms with Gasteiger partial charge in [0.15, 0.2) is 0 Å². The molecule has 2 aromatic carbocycles. The molecule has 0 atom stereocenters. The smallest absolute Gasteiger partial charge is 0.416 e. The summed E-state index contributed by atoms with van der Waals surface area (Å²) in [5.41, 5.74) is -0.499. The molecule has 24 heavy (non-hydrogen) atoms. The fourth-order valence-corrected chi connectivity index (χ4v) is 1.99. The molecule has 0 amide bonds. The topological polar surface area (TPSA) is 58.9 Å². The van der Waals surface area contributed by atoms with Gasteiger partial charge in [0.1, 0.15) is 17.2 Å². The summed E-state index contributed by atoms with van der Waals surface area (Å²) in [5, 5.41) is 11.7. The number of oxime groups is 1. The second-order valence-electron chi connectivity index (χ2n) is 4.88. The second-order valence-corrected chi connectivity index (χ2v) is 4.88. The molecule has 0 aliphatic carbocycles. The maximum atomic E-state index is 12.7. The van der Waals surface area contributed by atoms with Crippen molar-refractivity contribution in [3.05, 3.63) is 59.7 Å². The highest BCUT2D eigenvalue weighted by Crippen LogP contribution is 2.32. The fourth-order valence-electron chi connectivity index (χ4n) is 1.99. The van der Waals surface area contributed by atoms with Crippen LogP contribution in [0, 0.1) is 0 Å². The molecule has 0 bridgehead atoms. The number of Topliss-reactive ketones (excluding diaryl/α,β-unsaturated/α-hetero) is 1. The summed E-state index contributed by atoms with van der Waals surface area (Å²) in [6.45, 7) is 1.68. The van der Waals surface area contributed by atoms with E-state index in [0.29, 0.717) is 5.56 Å². The van der Waals surface area contributed by atoms with Gasteiger partial charge in [0.2, 0.25) is 5.78 Å². The highest BCUT2D eigenvalue weighted by atomic mass is 19.4. The molecule has 126 valence electrons. The van der Waals surface area contributed by atoms with E-state index in [2.05, 4.69) is 5.16 Å². The fraction of sp³-hybridized carbons (Fsp3) is 0.176. The van der Waals surface area contributed by atoms with Crippen LogP contribution in [0.15, 0.2) is 53.7 Å². The molecule has 7 heteroatoms. The van der Waals surface area contributed by atoms with Gasteiger partial charge in [-0.1, -0.05) is 18.1 Å². The Hall–Kier alpha value is -2.83. The second kappa shape index (κ2) is 7.16. The number of nitrogens with zero attached hydrogens (tertiary/aromatic N) is 1. The van der Waals surface area contributed by atoms with E-state index in [0.717, 1.165) is 12.1 Å². The average molecular weight is 337 g/mol. The van der Waals surface area contributed by atoms with Crippen LogP contribution >= 0.6 is 0 Å². The minimum atomic E-state index is -4.45. The summed E-state index contributed by atoms with van der Waals surface area (Å²) in [7, 11) is 0. The lowest BCUT2D eigenvalue weighted by atomic mass is 10.1. The zero-order valence-electron chi connectivity index (χ0n) is 12.7. The summed E-state index contributed by atoms with van der Waals surface area (Å²) in [6, 6.07) is 10.3. The third-order valence-corrected chi connectivity index (χ3v) is 3.23. The van der Waals surface area contributed by atoms with Crippen molar-refractivity contribution < 1.29 is 27.9 Å². The quantitative estimate of drug-likeness (QED) is 0.365. The van der Waals surface area contributed by atoms with Crippen LogP contribution in [0.25, 0.3) is 0 Å². The van der Waals surface area contributed by atoms with Gasteiger partial charge in [0.05, 0.1) is 5.56 Å². The monoisotopic (exact) mass is 337 g/mol. The van der Waals surface area contributed by atoms with Crippen molar-refractivity contribution in [3.8, 4) is 11.5 Å². The number of alkyl halides is 3. The number of hydrogen-bond donors (Lipinski definition) is 1. The van der Waals surface area contributed by atoms with Crippen molar-refractivity contribution in [2.24, 2.45) is 5.16 Å². The highest BCUT2D eigenvalue weighted by molar-refractivity contribution is 6.45. The summed E-state index contributed by atoms with van der Waals surface area (Å²) in [6.07, 6.45) is -4.17. The zero-order valence-corrected chi connectivity index (χ0v) is 12.7. The highest BCUT2D eigenvalue weighted by Gasteiger charge is 2.30. The van der Waals surface area contributed by atoms with E-state index >= 15 is 0 Å². The summed E-state index contributed by atoms with van der Waals surface area (Å²) >= 11 is 0. The average Bonchev–Trinajstić information content (AvgIpc) is 2.56. The lowest BCUT2D eigenvalue weighted by molar-refractivity contribution is -0.137. The Morgan fingerprint density at radius 1 is 1.12 bits per heavy atom. The van der Waals surface area contributed by atoms with Crippen molar-refractivity contribution >= 4 is 11.5 Å². The number of benzene rings is 2. The van der Waals surface area contributed by atoms with Gasteiger partial charge in [-0.25, -0.2) is 0 Å². The number of ketones is 1. The molecule has 4 nitrogen and oxygen atoms in total. The van der Waals surface area contributed by atoms with E-state index in [4.69, 9.17) is 9.94 Å². The molecule has 0 aromatic heterocycles. The van der Waals surface area contributed by atoms with Crippen LogP contribution in [0.2, 0.25) is 0 Å². The molecule has 0 saturated carbocycles. The van der Waals surface area contributed by atoms with Crippen LogP contribution < -0.4 is 4.74 Å². The lowest BCUT2D eigenvalue weighted by Crippen LogP contribution is -2.13. The SMILES string of the molecule is CCC(=NO)C(=O)c1ccc(Oc2cccc(C(F)(F)F)c2)cc1. The van der Waals surface area contributed by atoms with E-state index in [1.807, 2.05) is 0 Å². The van der Waals surface area contributed by atoms with Gasteiger partial charge in [-0.05, 0) is 48.9 Å². The van der Waals surface area contributed by atoms with Crippen molar-refractivity contribution in [2.75, 3.05) is 0 Å². The van der Waals surface area contributed by atoms with Crippen molar-refractivity contribution in [1.29, 1.82) is 0 Å². The number of carbonyl (C=O) groups excluding carboxylic acids is 1. The molecule has 2 rings (SSSR count). The first kappa shape index (κ1) is 17.5. The summed E-state index contributed by atoms with van der Waals surface area (Å²) in [4.78, 5) is 12.0. The molecule has 0 radical (unpaired) electrons.